The van der Waals surface area contributed by atoms with Crippen LogP contribution in [-0.4, -0.2) is 34.0 Å². The van der Waals surface area contributed by atoms with Gasteiger partial charge in [0.15, 0.2) is 0 Å². The number of aliphatic imine (C=N–C) groups is 1. The van der Waals surface area contributed by atoms with Crippen LogP contribution in [0.1, 0.15) is 10.4 Å². The van der Waals surface area contributed by atoms with Gasteiger partial charge < -0.3 is 4.74 Å². The number of methoxy groups -OCH3 is 1. The maximum absolute atomic E-state index is 12.4. The number of benzene rings is 1. The Morgan fingerprint density at radius 3 is 2.74 bits per heavy atom. The fourth-order valence-electron chi connectivity index (χ4n) is 1.47. The van der Waals surface area contributed by atoms with Gasteiger partial charge in [0.1, 0.15) is 4.90 Å². The second kappa shape index (κ2) is 8.20. The molecule has 0 aliphatic carbocycles. The first-order valence-electron chi connectivity index (χ1n) is 6.02. The van der Waals surface area contributed by atoms with Gasteiger partial charge in [-0.2, -0.15) is 0 Å². The number of hydrogen-bond acceptors (Lipinski definition) is 7. The fraction of sp³-hybridized carbons (Fsp3) is 0.167. The van der Waals surface area contributed by atoms with E-state index in [0.717, 1.165) is 13.2 Å². The molecule has 126 valence electrons. The van der Waals surface area contributed by atoms with Crippen molar-refractivity contribution in [3.05, 3.63) is 35.4 Å². The zero-order valence-electron chi connectivity index (χ0n) is 12.0. The van der Waals surface area contributed by atoms with Crippen molar-refractivity contribution < 1.29 is 17.9 Å². The lowest BCUT2D eigenvalue weighted by Gasteiger charge is -2.13. The molecule has 1 rings (SSSR count). The Morgan fingerprint density at radius 1 is 1.57 bits per heavy atom. The summed E-state index contributed by atoms with van der Waals surface area (Å²) in [5, 5.41) is 0.0123. The van der Waals surface area contributed by atoms with Gasteiger partial charge in [-0.25, -0.2) is 28.8 Å². The van der Waals surface area contributed by atoms with Crippen LogP contribution in [0.25, 0.3) is 0 Å². The number of nitrogens with two attached hydrogens (primary N) is 1. The van der Waals surface area contributed by atoms with E-state index >= 15 is 0 Å². The van der Waals surface area contributed by atoms with Crippen molar-refractivity contribution >= 4 is 46.2 Å². The molecular weight excluding hydrogens is 364 g/mol. The summed E-state index contributed by atoms with van der Waals surface area (Å²) in [6, 6.07) is 2.28. The lowest BCUT2D eigenvalue weighted by Crippen LogP contribution is -2.44. The van der Waals surface area contributed by atoms with Crippen molar-refractivity contribution in [1.29, 1.82) is 0 Å². The number of guanidine groups is 1. The summed E-state index contributed by atoms with van der Waals surface area (Å²) in [7, 11) is -2.96. The molecular formula is C12H15ClN4O4S2. The van der Waals surface area contributed by atoms with E-state index in [1.165, 1.54) is 12.1 Å². The number of sulfonamides is 1. The van der Waals surface area contributed by atoms with Crippen molar-refractivity contribution in [3.8, 4) is 0 Å². The molecule has 0 radical (unpaired) electrons. The molecule has 0 spiro atoms. The van der Waals surface area contributed by atoms with Gasteiger partial charge >= 0.3 is 5.97 Å². The highest BCUT2D eigenvalue weighted by molar-refractivity contribution is 7.91. The van der Waals surface area contributed by atoms with E-state index in [1.807, 2.05) is 0 Å². The number of esters is 1. The van der Waals surface area contributed by atoms with Gasteiger partial charge in [0.2, 0.25) is 5.96 Å². The summed E-state index contributed by atoms with van der Waals surface area (Å²) in [5.74, 6) is 4.22. The van der Waals surface area contributed by atoms with Crippen LogP contribution in [0.2, 0.25) is 5.02 Å². The highest BCUT2D eigenvalue weighted by Gasteiger charge is 2.23. The summed E-state index contributed by atoms with van der Waals surface area (Å²) < 4.78 is 31.5. The normalized spacial score (nSPS) is 11.7. The predicted molar refractivity (Wildman–Crippen MR) is 90.2 cm³/mol. The molecule has 23 heavy (non-hydrogen) atoms. The van der Waals surface area contributed by atoms with E-state index in [1.54, 1.807) is 0 Å². The quantitative estimate of drug-likeness (QED) is 0.114. The van der Waals surface area contributed by atoms with E-state index < -0.39 is 16.0 Å². The highest BCUT2D eigenvalue weighted by atomic mass is 35.5. The van der Waals surface area contributed by atoms with Crippen LogP contribution in [-0.2, 0) is 14.8 Å². The van der Waals surface area contributed by atoms with E-state index in [2.05, 4.69) is 39.1 Å². The smallest absolute Gasteiger partial charge is 0.339 e. The molecule has 0 saturated carbocycles. The highest BCUT2D eigenvalue weighted by Crippen LogP contribution is 2.27. The molecule has 0 fully saturated rings. The molecule has 1 aromatic carbocycles. The first-order chi connectivity index (χ1) is 10.8. The van der Waals surface area contributed by atoms with E-state index in [0.29, 0.717) is 0 Å². The van der Waals surface area contributed by atoms with E-state index in [-0.39, 0.29) is 32.9 Å². The molecule has 0 saturated heterocycles. The van der Waals surface area contributed by atoms with Crippen LogP contribution < -0.4 is 16.0 Å². The lowest BCUT2D eigenvalue weighted by atomic mass is 10.2. The molecule has 0 amide bonds. The molecule has 0 atom stereocenters. The SMILES string of the molecule is C=CCN=C(NN)NS(=O)(=O)c1cc(C(=O)OC)c(Cl)cc1S. The molecule has 0 aliphatic heterocycles. The predicted octanol–water partition coefficient (Wildman–Crippen LogP) is 0.699. The number of nitrogens with zero attached hydrogens (tertiary/aromatic N) is 1. The van der Waals surface area contributed by atoms with Gasteiger partial charge in [0.05, 0.1) is 24.2 Å². The maximum atomic E-state index is 12.4. The average Bonchev–Trinajstić information content (AvgIpc) is 2.50. The molecule has 0 heterocycles. The number of ether oxygens (including phenoxy) is 1. The largest absolute Gasteiger partial charge is 0.465 e. The zero-order chi connectivity index (χ0) is 17.6. The Kier molecular flexibility index (Phi) is 6.88. The van der Waals surface area contributed by atoms with Gasteiger partial charge in [0.25, 0.3) is 10.0 Å². The molecule has 0 aromatic heterocycles. The number of carbonyl (C=O) groups is 1. The Bertz CT molecular complexity index is 750. The molecule has 0 bridgehead atoms. The second-order valence-corrected chi connectivity index (χ2v) is 6.56. The summed E-state index contributed by atoms with van der Waals surface area (Å²) in [4.78, 5) is 15.2. The Balaban J connectivity index is 3.32. The van der Waals surface area contributed by atoms with Gasteiger partial charge in [-0.3, -0.25) is 5.43 Å². The molecule has 8 nitrogen and oxygen atoms in total. The van der Waals surface area contributed by atoms with Gasteiger partial charge in [-0.1, -0.05) is 17.7 Å². The molecule has 0 aliphatic rings. The number of hydrazine groups is 1. The van der Waals surface area contributed by atoms with Crippen molar-refractivity contribution in [2.45, 2.75) is 9.79 Å². The Morgan fingerprint density at radius 2 is 2.22 bits per heavy atom. The minimum absolute atomic E-state index is 0.0123. The number of nitrogens with one attached hydrogen (secondary N) is 2. The van der Waals surface area contributed by atoms with Crippen LogP contribution in [0.5, 0.6) is 0 Å². The number of rotatable bonds is 5. The maximum Gasteiger partial charge on any atom is 0.339 e. The van der Waals surface area contributed by atoms with Crippen molar-refractivity contribution in [2.75, 3.05) is 13.7 Å². The molecule has 4 N–H and O–H groups in total. The van der Waals surface area contributed by atoms with Crippen LogP contribution in [0, 0.1) is 0 Å². The van der Waals surface area contributed by atoms with Crippen LogP contribution >= 0.6 is 24.2 Å². The van der Waals surface area contributed by atoms with Crippen molar-refractivity contribution in [1.82, 2.24) is 10.1 Å². The summed E-state index contributed by atoms with van der Waals surface area (Å²) in [6.45, 7) is 3.60. The zero-order valence-corrected chi connectivity index (χ0v) is 14.5. The monoisotopic (exact) mass is 378 g/mol. The van der Waals surface area contributed by atoms with Crippen molar-refractivity contribution in [2.24, 2.45) is 10.8 Å². The standard InChI is InChI=1S/C12H15ClN4O4S2/c1-3-4-15-12(16-14)17-23(19,20)10-5-7(11(18)21-2)8(13)6-9(10)22/h3,5-6,22H,1,4,14H2,2H3,(H2,15,16,17). The van der Waals surface area contributed by atoms with Crippen molar-refractivity contribution in [3.63, 3.8) is 0 Å². The first-order valence-corrected chi connectivity index (χ1v) is 8.33. The third kappa shape index (κ3) is 4.86. The van der Waals surface area contributed by atoms with Gasteiger partial charge in [0, 0.05) is 4.90 Å². The molecule has 0 unspecified atom stereocenters. The topological polar surface area (TPSA) is 123 Å². The molecule has 1 aromatic rings. The lowest BCUT2D eigenvalue weighted by molar-refractivity contribution is 0.0600. The summed E-state index contributed by atoms with van der Waals surface area (Å²) >= 11 is 9.96. The summed E-state index contributed by atoms with van der Waals surface area (Å²) in [5.41, 5.74) is 2.00. The number of hydrogen-bond donors (Lipinski definition) is 4. The summed E-state index contributed by atoms with van der Waals surface area (Å²) in [6.07, 6.45) is 1.45. The third-order valence-electron chi connectivity index (χ3n) is 2.49. The van der Waals surface area contributed by atoms with Crippen LogP contribution in [0.3, 0.4) is 0 Å². The van der Waals surface area contributed by atoms with Gasteiger partial charge in [-0.15, -0.1) is 19.2 Å². The van der Waals surface area contributed by atoms with Crippen LogP contribution in [0.15, 0.2) is 39.6 Å². The van der Waals surface area contributed by atoms with E-state index in [4.69, 9.17) is 17.4 Å². The number of carbonyl (C=O) groups excluding carboxylic acids is 1. The third-order valence-corrected chi connectivity index (χ3v) is 4.70. The fourth-order valence-corrected chi connectivity index (χ4v) is 3.44. The minimum atomic E-state index is -4.11. The Hall–Kier alpha value is -1.75. The minimum Gasteiger partial charge on any atom is -0.465 e. The number of thiol groups is 1. The number of halogens is 1. The Labute approximate surface area is 144 Å². The molecule has 11 heteroatoms. The van der Waals surface area contributed by atoms with E-state index in [9.17, 15) is 13.2 Å². The second-order valence-electron chi connectivity index (χ2n) is 4.02. The first kappa shape index (κ1) is 19.3. The average molecular weight is 379 g/mol. The van der Waals surface area contributed by atoms with Crippen LogP contribution in [0.4, 0.5) is 0 Å². The van der Waals surface area contributed by atoms with Gasteiger partial charge in [-0.05, 0) is 12.1 Å².